The molecule has 0 saturated heterocycles. The monoisotopic (exact) mass is 507 g/mol. The van der Waals surface area contributed by atoms with Crippen LogP contribution >= 0.6 is 0 Å². The number of carbonyl (C=O) groups excluding carboxylic acids is 2. The van der Waals surface area contributed by atoms with Gasteiger partial charge >= 0.3 is 18.2 Å². The number of aromatic nitrogens is 2. The number of benzene rings is 3. The molecule has 0 spiro atoms. The summed E-state index contributed by atoms with van der Waals surface area (Å²) in [5, 5.41) is 5.20. The molecule has 1 aromatic heterocycles. The van der Waals surface area contributed by atoms with Crippen molar-refractivity contribution in [2.24, 2.45) is 0 Å². The molecule has 3 amide bonds. The highest BCUT2D eigenvalue weighted by Crippen LogP contribution is 2.34. The van der Waals surface area contributed by atoms with E-state index in [0.29, 0.717) is 11.4 Å². The van der Waals surface area contributed by atoms with Crippen molar-refractivity contribution < 1.29 is 22.8 Å². The molecular formula is C26H20F3N5O3. The Balaban J connectivity index is 1.88. The van der Waals surface area contributed by atoms with Crippen molar-refractivity contribution in [1.29, 1.82) is 0 Å². The number of aryl methyl sites for hydroxylation is 1. The van der Waals surface area contributed by atoms with E-state index in [9.17, 15) is 27.6 Å². The molecule has 8 nitrogen and oxygen atoms in total. The predicted molar refractivity (Wildman–Crippen MR) is 133 cm³/mol. The van der Waals surface area contributed by atoms with Crippen molar-refractivity contribution in [3.8, 4) is 0 Å². The van der Waals surface area contributed by atoms with Crippen molar-refractivity contribution in [3.05, 3.63) is 113 Å². The zero-order chi connectivity index (χ0) is 26.6. The Kier molecular flexibility index (Phi) is 7.05. The van der Waals surface area contributed by atoms with Gasteiger partial charge in [-0.2, -0.15) is 18.2 Å². The molecule has 0 unspecified atom stereocenters. The van der Waals surface area contributed by atoms with Gasteiger partial charge in [0.25, 0.3) is 5.56 Å². The molecule has 0 saturated carbocycles. The average molecular weight is 507 g/mol. The van der Waals surface area contributed by atoms with Crippen molar-refractivity contribution in [2.75, 3.05) is 15.5 Å². The summed E-state index contributed by atoms with van der Waals surface area (Å²) in [5.74, 6) is -0.494. The second-order valence-electron chi connectivity index (χ2n) is 7.85. The smallest absolute Gasteiger partial charge is 0.307 e. The number of nitrogens with zero attached hydrogens (tertiary/aromatic N) is 3. The number of anilines is 4. The highest BCUT2D eigenvalue weighted by atomic mass is 19.4. The number of hydrogen-bond donors (Lipinski definition) is 2. The fourth-order valence-corrected chi connectivity index (χ4v) is 3.53. The maximum absolute atomic E-state index is 13.5. The van der Waals surface area contributed by atoms with Crippen LogP contribution in [0.2, 0.25) is 0 Å². The van der Waals surface area contributed by atoms with Gasteiger partial charge in [-0.15, -0.1) is 0 Å². The number of carbonyl (C=O) groups is 2. The fourth-order valence-electron chi connectivity index (χ4n) is 3.53. The van der Waals surface area contributed by atoms with E-state index < -0.39 is 35.3 Å². The molecular weight excluding hydrogens is 487 g/mol. The van der Waals surface area contributed by atoms with Gasteiger partial charge in [0.15, 0.2) is 0 Å². The number of amides is 3. The first-order valence-electron chi connectivity index (χ1n) is 10.9. The molecule has 0 aliphatic carbocycles. The van der Waals surface area contributed by atoms with E-state index >= 15 is 0 Å². The maximum atomic E-state index is 13.5. The second kappa shape index (κ2) is 10.4. The number of hydrogen-bond acceptors (Lipinski definition) is 4. The number of nitrogens with one attached hydrogen (secondary N) is 2. The Morgan fingerprint density at radius 2 is 1.43 bits per heavy atom. The Bertz CT molecular complexity index is 1490. The van der Waals surface area contributed by atoms with Gasteiger partial charge in [-0.1, -0.05) is 42.5 Å². The molecule has 1 heterocycles. The SMILES string of the molecule is Cc1cc(=O)nc(N(C(=O)Nc2ccccc2)c2cccc(C(F)(F)F)c2)n1C(=O)Nc1ccccc1. The van der Waals surface area contributed by atoms with Crippen LogP contribution in [0, 0.1) is 6.92 Å². The van der Waals surface area contributed by atoms with Gasteiger partial charge in [0.1, 0.15) is 0 Å². The first-order valence-corrected chi connectivity index (χ1v) is 10.9. The van der Waals surface area contributed by atoms with E-state index in [1.807, 2.05) is 0 Å². The van der Waals surface area contributed by atoms with Crippen molar-refractivity contribution in [1.82, 2.24) is 9.55 Å². The van der Waals surface area contributed by atoms with Crippen LogP contribution in [-0.4, -0.2) is 21.6 Å². The van der Waals surface area contributed by atoms with E-state index in [0.717, 1.165) is 33.7 Å². The molecule has 4 rings (SSSR count). The number of urea groups is 1. The summed E-state index contributed by atoms with van der Waals surface area (Å²) in [5.41, 5.74) is -1.23. The Morgan fingerprint density at radius 1 is 0.838 bits per heavy atom. The first kappa shape index (κ1) is 25.2. The van der Waals surface area contributed by atoms with Crippen LogP contribution in [-0.2, 0) is 6.18 Å². The Morgan fingerprint density at radius 3 is 2.03 bits per heavy atom. The molecule has 4 aromatic rings. The summed E-state index contributed by atoms with van der Waals surface area (Å²) in [6, 6.07) is 19.8. The van der Waals surface area contributed by atoms with E-state index in [2.05, 4.69) is 15.6 Å². The minimum absolute atomic E-state index is 0.105. The summed E-state index contributed by atoms with van der Waals surface area (Å²) in [7, 11) is 0. The van der Waals surface area contributed by atoms with Gasteiger partial charge in [-0.25, -0.2) is 19.1 Å². The van der Waals surface area contributed by atoms with E-state index in [4.69, 9.17) is 0 Å². The van der Waals surface area contributed by atoms with Crippen LogP contribution in [0.5, 0.6) is 0 Å². The first-order chi connectivity index (χ1) is 17.6. The van der Waals surface area contributed by atoms with E-state index in [1.165, 1.54) is 13.0 Å². The fraction of sp³-hybridized carbons (Fsp3) is 0.0769. The van der Waals surface area contributed by atoms with Gasteiger partial charge < -0.3 is 10.6 Å². The van der Waals surface area contributed by atoms with E-state index in [-0.39, 0.29) is 11.4 Å². The zero-order valence-corrected chi connectivity index (χ0v) is 19.4. The predicted octanol–water partition coefficient (Wildman–Crippen LogP) is 6.02. The molecule has 2 N–H and O–H groups in total. The number of halogens is 3. The third-order valence-corrected chi connectivity index (χ3v) is 5.18. The Hall–Kier alpha value is -4.93. The molecule has 3 aromatic carbocycles. The topological polar surface area (TPSA) is 96.3 Å². The van der Waals surface area contributed by atoms with Crippen LogP contribution < -0.4 is 21.1 Å². The lowest BCUT2D eigenvalue weighted by atomic mass is 10.2. The quantitative estimate of drug-likeness (QED) is 0.353. The zero-order valence-electron chi connectivity index (χ0n) is 19.4. The lowest BCUT2D eigenvalue weighted by Gasteiger charge is -2.26. The number of para-hydroxylation sites is 2. The standard InChI is InChI=1S/C26H20F3N5O3/c1-17-15-22(35)32-23(33(17)24(36)30-19-10-4-2-5-11-19)34(25(37)31-20-12-6-3-7-13-20)21-14-8-9-18(16-21)26(27,28)29/h2-16H,1H3,(H,30,36)(H,31,37). The second-order valence-corrected chi connectivity index (χ2v) is 7.85. The van der Waals surface area contributed by atoms with Gasteiger partial charge in [0, 0.05) is 23.1 Å². The third-order valence-electron chi connectivity index (χ3n) is 5.18. The molecule has 0 bridgehead atoms. The average Bonchev–Trinajstić information content (AvgIpc) is 2.85. The molecule has 11 heteroatoms. The van der Waals surface area contributed by atoms with Crippen LogP contribution in [0.4, 0.5) is 45.8 Å². The normalized spacial score (nSPS) is 11.0. The molecule has 0 aliphatic rings. The number of rotatable bonds is 4. The number of alkyl halides is 3. The molecule has 0 radical (unpaired) electrons. The highest BCUT2D eigenvalue weighted by Gasteiger charge is 2.33. The van der Waals surface area contributed by atoms with Crippen molar-refractivity contribution >= 4 is 35.1 Å². The maximum Gasteiger partial charge on any atom is 0.416 e. The molecule has 0 fully saturated rings. The minimum atomic E-state index is -4.71. The van der Waals surface area contributed by atoms with Crippen LogP contribution in [0.1, 0.15) is 11.3 Å². The summed E-state index contributed by atoms with van der Waals surface area (Å²) in [6.45, 7) is 1.44. The van der Waals surface area contributed by atoms with Crippen LogP contribution in [0.3, 0.4) is 0 Å². The van der Waals surface area contributed by atoms with Gasteiger partial charge in [-0.05, 0) is 49.4 Å². The van der Waals surface area contributed by atoms with Crippen molar-refractivity contribution in [3.63, 3.8) is 0 Å². The largest absolute Gasteiger partial charge is 0.416 e. The lowest BCUT2D eigenvalue weighted by Crippen LogP contribution is -2.38. The van der Waals surface area contributed by atoms with Crippen molar-refractivity contribution in [2.45, 2.75) is 13.1 Å². The summed E-state index contributed by atoms with van der Waals surface area (Å²) < 4.78 is 41.5. The lowest BCUT2D eigenvalue weighted by molar-refractivity contribution is -0.137. The van der Waals surface area contributed by atoms with E-state index in [1.54, 1.807) is 60.7 Å². The van der Waals surface area contributed by atoms with Gasteiger partial charge in [-0.3, -0.25) is 4.79 Å². The molecule has 37 heavy (non-hydrogen) atoms. The third kappa shape index (κ3) is 5.84. The minimum Gasteiger partial charge on any atom is -0.307 e. The summed E-state index contributed by atoms with van der Waals surface area (Å²) >= 11 is 0. The molecule has 0 aliphatic heterocycles. The Labute approximate surface area is 209 Å². The summed E-state index contributed by atoms with van der Waals surface area (Å²) in [4.78, 5) is 43.8. The molecule has 0 atom stereocenters. The van der Waals surface area contributed by atoms with Crippen LogP contribution in [0.25, 0.3) is 0 Å². The van der Waals surface area contributed by atoms with Gasteiger partial charge in [0.05, 0.1) is 11.3 Å². The van der Waals surface area contributed by atoms with Gasteiger partial charge in [0.2, 0.25) is 5.95 Å². The highest BCUT2D eigenvalue weighted by molar-refractivity contribution is 6.07. The summed E-state index contributed by atoms with van der Waals surface area (Å²) in [6.07, 6.45) is -4.71. The van der Waals surface area contributed by atoms with Crippen LogP contribution in [0.15, 0.2) is 95.8 Å². The molecule has 188 valence electrons.